The average molecular weight is 289 g/mol. The second-order valence-electron chi connectivity index (χ2n) is 4.53. The second kappa shape index (κ2) is 5.89. The number of amides is 1. The Kier molecular flexibility index (Phi) is 3.62. The molecule has 0 saturated heterocycles. The van der Waals surface area contributed by atoms with Crippen molar-refractivity contribution in [3.05, 3.63) is 72.3 Å². The Balaban J connectivity index is 1.76. The van der Waals surface area contributed by atoms with E-state index in [1.165, 1.54) is 6.33 Å². The monoisotopic (exact) mass is 289 g/mol. The van der Waals surface area contributed by atoms with Crippen molar-refractivity contribution in [3.8, 4) is 11.8 Å². The number of rotatable bonds is 3. The Hall–Kier alpha value is -3.46. The van der Waals surface area contributed by atoms with E-state index >= 15 is 0 Å². The minimum atomic E-state index is -0.236. The smallest absolute Gasteiger partial charge is 0.255 e. The van der Waals surface area contributed by atoms with E-state index in [0.717, 1.165) is 5.69 Å². The van der Waals surface area contributed by atoms with E-state index < -0.39 is 0 Å². The molecule has 0 bridgehead atoms. The topological polar surface area (TPSA) is 83.6 Å². The van der Waals surface area contributed by atoms with Crippen molar-refractivity contribution in [1.82, 2.24) is 14.8 Å². The average Bonchev–Trinajstić information content (AvgIpc) is 3.09. The molecule has 1 N–H and O–H groups in total. The van der Waals surface area contributed by atoms with Crippen LogP contribution in [0.1, 0.15) is 15.9 Å². The predicted octanol–water partition coefficient (Wildman–Crippen LogP) is 2.39. The third-order valence-corrected chi connectivity index (χ3v) is 3.06. The van der Waals surface area contributed by atoms with Crippen molar-refractivity contribution in [2.75, 3.05) is 5.32 Å². The number of nitrogens with zero attached hydrogens (tertiary/aromatic N) is 4. The molecule has 0 fully saturated rings. The highest BCUT2D eigenvalue weighted by atomic mass is 16.1. The molecule has 1 amide bonds. The van der Waals surface area contributed by atoms with E-state index in [4.69, 9.17) is 5.26 Å². The Morgan fingerprint density at radius 2 is 2.00 bits per heavy atom. The highest BCUT2D eigenvalue weighted by Gasteiger charge is 2.07. The Bertz CT molecular complexity index is 832. The van der Waals surface area contributed by atoms with Gasteiger partial charge < -0.3 is 5.32 Å². The molecular formula is C16H11N5O. The molecule has 0 unspecified atom stereocenters. The van der Waals surface area contributed by atoms with Crippen molar-refractivity contribution in [1.29, 1.82) is 5.26 Å². The van der Waals surface area contributed by atoms with Crippen molar-refractivity contribution in [2.45, 2.75) is 0 Å². The number of nitriles is 1. The number of aromatic nitrogens is 3. The van der Waals surface area contributed by atoms with Gasteiger partial charge >= 0.3 is 0 Å². The molecule has 0 spiro atoms. The fourth-order valence-corrected chi connectivity index (χ4v) is 1.98. The zero-order valence-electron chi connectivity index (χ0n) is 11.5. The highest BCUT2D eigenvalue weighted by Crippen LogP contribution is 2.13. The molecular weight excluding hydrogens is 278 g/mol. The van der Waals surface area contributed by atoms with Gasteiger partial charge in [0.25, 0.3) is 5.91 Å². The SMILES string of the molecule is N#Cc1cccc(NC(=O)c2ccc(-n3cncn3)cc2)c1. The minimum absolute atomic E-state index is 0.236. The number of benzene rings is 2. The summed E-state index contributed by atoms with van der Waals surface area (Å²) in [6, 6.07) is 15.8. The Morgan fingerprint density at radius 3 is 2.68 bits per heavy atom. The van der Waals surface area contributed by atoms with Crippen LogP contribution in [0.2, 0.25) is 0 Å². The normalized spacial score (nSPS) is 9.95. The Morgan fingerprint density at radius 1 is 1.18 bits per heavy atom. The lowest BCUT2D eigenvalue weighted by Gasteiger charge is -2.06. The maximum atomic E-state index is 12.2. The van der Waals surface area contributed by atoms with Crippen LogP contribution >= 0.6 is 0 Å². The molecule has 1 aromatic heterocycles. The van der Waals surface area contributed by atoms with Crippen LogP contribution in [0, 0.1) is 11.3 Å². The van der Waals surface area contributed by atoms with Gasteiger partial charge in [0.05, 0.1) is 17.3 Å². The molecule has 0 aliphatic rings. The highest BCUT2D eigenvalue weighted by molar-refractivity contribution is 6.04. The van der Waals surface area contributed by atoms with Gasteiger partial charge in [0.15, 0.2) is 0 Å². The van der Waals surface area contributed by atoms with Crippen LogP contribution in [0.25, 0.3) is 5.69 Å². The van der Waals surface area contributed by atoms with E-state index in [1.807, 2.05) is 6.07 Å². The van der Waals surface area contributed by atoms with Crippen LogP contribution < -0.4 is 5.32 Å². The first-order valence-electron chi connectivity index (χ1n) is 6.53. The molecule has 106 valence electrons. The van der Waals surface area contributed by atoms with E-state index in [1.54, 1.807) is 59.5 Å². The molecule has 0 aliphatic carbocycles. The lowest BCUT2D eigenvalue weighted by atomic mass is 10.1. The van der Waals surface area contributed by atoms with Gasteiger partial charge in [-0.15, -0.1) is 0 Å². The first-order valence-corrected chi connectivity index (χ1v) is 6.53. The summed E-state index contributed by atoms with van der Waals surface area (Å²) in [6.07, 6.45) is 3.03. The molecule has 0 saturated carbocycles. The van der Waals surface area contributed by atoms with Crippen LogP contribution in [0.4, 0.5) is 5.69 Å². The van der Waals surface area contributed by atoms with Gasteiger partial charge in [0, 0.05) is 11.3 Å². The molecule has 3 aromatic rings. The summed E-state index contributed by atoms with van der Waals surface area (Å²) in [4.78, 5) is 16.1. The zero-order valence-corrected chi connectivity index (χ0v) is 11.5. The maximum absolute atomic E-state index is 12.2. The minimum Gasteiger partial charge on any atom is -0.322 e. The second-order valence-corrected chi connectivity index (χ2v) is 4.53. The summed E-state index contributed by atoms with van der Waals surface area (Å²) >= 11 is 0. The van der Waals surface area contributed by atoms with E-state index in [-0.39, 0.29) is 5.91 Å². The first-order chi connectivity index (χ1) is 10.8. The number of anilines is 1. The van der Waals surface area contributed by atoms with E-state index in [0.29, 0.717) is 16.8 Å². The molecule has 3 rings (SSSR count). The fraction of sp³-hybridized carbons (Fsp3) is 0. The third-order valence-electron chi connectivity index (χ3n) is 3.06. The maximum Gasteiger partial charge on any atom is 0.255 e. The number of hydrogen-bond acceptors (Lipinski definition) is 4. The van der Waals surface area contributed by atoms with Gasteiger partial charge in [0.2, 0.25) is 0 Å². The molecule has 6 nitrogen and oxygen atoms in total. The van der Waals surface area contributed by atoms with Crippen molar-refractivity contribution in [3.63, 3.8) is 0 Å². The largest absolute Gasteiger partial charge is 0.322 e. The molecule has 22 heavy (non-hydrogen) atoms. The lowest BCUT2D eigenvalue weighted by molar-refractivity contribution is 0.102. The standard InChI is InChI=1S/C16H11N5O/c17-9-12-2-1-3-14(8-12)20-16(22)13-4-6-15(7-5-13)21-11-18-10-19-21/h1-8,10-11H,(H,20,22). The number of hydrogen-bond donors (Lipinski definition) is 1. The number of nitrogens with one attached hydrogen (secondary N) is 1. The first kappa shape index (κ1) is 13.5. The molecule has 0 aliphatic heterocycles. The van der Waals surface area contributed by atoms with Crippen LogP contribution in [-0.4, -0.2) is 20.7 Å². The summed E-state index contributed by atoms with van der Waals surface area (Å²) in [5.74, 6) is -0.236. The Labute approximate surface area is 126 Å². The molecule has 0 atom stereocenters. The summed E-state index contributed by atoms with van der Waals surface area (Å²) in [7, 11) is 0. The van der Waals surface area contributed by atoms with E-state index in [9.17, 15) is 4.79 Å². The van der Waals surface area contributed by atoms with Gasteiger partial charge in [-0.1, -0.05) is 6.07 Å². The van der Waals surface area contributed by atoms with Crippen LogP contribution in [-0.2, 0) is 0 Å². The summed E-state index contributed by atoms with van der Waals surface area (Å²) in [6.45, 7) is 0. The van der Waals surface area contributed by atoms with Crippen LogP contribution in [0.3, 0.4) is 0 Å². The summed E-state index contributed by atoms with van der Waals surface area (Å²) in [5.41, 5.74) is 2.43. The zero-order chi connectivity index (χ0) is 15.4. The van der Waals surface area contributed by atoms with Crippen molar-refractivity contribution >= 4 is 11.6 Å². The number of carbonyl (C=O) groups is 1. The van der Waals surface area contributed by atoms with E-state index in [2.05, 4.69) is 15.4 Å². The molecule has 6 heteroatoms. The molecule has 2 aromatic carbocycles. The lowest BCUT2D eigenvalue weighted by Crippen LogP contribution is -2.12. The van der Waals surface area contributed by atoms with Gasteiger partial charge in [0.1, 0.15) is 12.7 Å². The quantitative estimate of drug-likeness (QED) is 0.802. The van der Waals surface area contributed by atoms with Crippen LogP contribution in [0.5, 0.6) is 0 Å². The van der Waals surface area contributed by atoms with Crippen LogP contribution in [0.15, 0.2) is 61.2 Å². The molecule has 1 heterocycles. The van der Waals surface area contributed by atoms with Gasteiger partial charge in [-0.3, -0.25) is 4.79 Å². The van der Waals surface area contributed by atoms with Gasteiger partial charge in [-0.05, 0) is 42.5 Å². The molecule has 0 radical (unpaired) electrons. The fourth-order valence-electron chi connectivity index (χ4n) is 1.98. The number of carbonyl (C=O) groups excluding carboxylic acids is 1. The van der Waals surface area contributed by atoms with Crippen molar-refractivity contribution in [2.24, 2.45) is 0 Å². The van der Waals surface area contributed by atoms with Gasteiger partial charge in [-0.25, -0.2) is 9.67 Å². The van der Waals surface area contributed by atoms with Crippen molar-refractivity contribution < 1.29 is 4.79 Å². The third kappa shape index (κ3) is 2.83. The summed E-state index contributed by atoms with van der Waals surface area (Å²) < 4.78 is 1.61. The predicted molar refractivity (Wildman–Crippen MR) is 80.5 cm³/mol. The van der Waals surface area contributed by atoms with Gasteiger partial charge in [-0.2, -0.15) is 10.4 Å². The summed E-state index contributed by atoms with van der Waals surface area (Å²) in [5, 5.41) is 15.6.